The van der Waals surface area contributed by atoms with Gasteiger partial charge in [0.05, 0.1) is 17.3 Å². The Labute approximate surface area is 170 Å². The van der Waals surface area contributed by atoms with Gasteiger partial charge in [0.25, 0.3) is 5.56 Å². The second kappa shape index (κ2) is 7.43. The van der Waals surface area contributed by atoms with E-state index < -0.39 is 17.4 Å². The van der Waals surface area contributed by atoms with Gasteiger partial charge in [0.1, 0.15) is 11.3 Å². The first kappa shape index (κ1) is 19.3. The number of nitrogens with one attached hydrogen (secondary N) is 1. The molecule has 0 amide bonds. The molecule has 4 rings (SSSR count). The maximum absolute atomic E-state index is 14.3. The van der Waals surface area contributed by atoms with Gasteiger partial charge in [-0.15, -0.1) is 0 Å². The summed E-state index contributed by atoms with van der Waals surface area (Å²) < 4.78 is 17.1. The van der Waals surface area contributed by atoms with E-state index in [1.165, 1.54) is 34.4 Å². The Morgan fingerprint density at radius 2 is 1.97 bits per heavy atom. The largest absolute Gasteiger partial charge is 0.368 e. The lowest BCUT2D eigenvalue weighted by molar-refractivity contribution is 0.101. The van der Waals surface area contributed by atoms with Crippen LogP contribution in [-0.4, -0.2) is 24.7 Å². The molecule has 0 aliphatic heterocycles. The van der Waals surface area contributed by atoms with Crippen molar-refractivity contribution in [3.05, 3.63) is 82.4 Å². The average Bonchev–Trinajstić information content (AvgIpc) is 3.09. The number of carbonyl (C=O) groups is 1. The Morgan fingerprint density at radius 3 is 2.67 bits per heavy atom. The second-order valence-electron chi connectivity index (χ2n) is 6.86. The molecule has 0 spiro atoms. The lowest BCUT2D eigenvalue weighted by atomic mass is 10.1. The summed E-state index contributed by atoms with van der Waals surface area (Å²) in [5, 5.41) is 3.14. The molecule has 3 N–H and O–H groups in total. The minimum absolute atomic E-state index is 0.0121. The number of benzene rings is 1. The summed E-state index contributed by atoms with van der Waals surface area (Å²) >= 11 is 0. The van der Waals surface area contributed by atoms with Gasteiger partial charge in [-0.05, 0) is 32.0 Å². The van der Waals surface area contributed by atoms with Crippen LogP contribution < -0.4 is 16.6 Å². The number of aromatic nitrogens is 4. The molecule has 3 heterocycles. The normalized spacial score (nSPS) is 12.1. The summed E-state index contributed by atoms with van der Waals surface area (Å²) in [6.45, 7) is 3.21. The monoisotopic (exact) mass is 406 g/mol. The smallest absolute Gasteiger partial charge is 0.282 e. The second-order valence-corrected chi connectivity index (χ2v) is 6.86. The van der Waals surface area contributed by atoms with Crippen molar-refractivity contribution in [2.45, 2.75) is 19.9 Å². The Kier molecular flexibility index (Phi) is 4.78. The lowest BCUT2D eigenvalue weighted by Gasteiger charge is -2.21. The summed E-state index contributed by atoms with van der Waals surface area (Å²) in [6.07, 6.45) is 4.51. The van der Waals surface area contributed by atoms with E-state index in [2.05, 4.69) is 15.3 Å². The van der Waals surface area contributed by atoms with Crippen LogP contribution in [0.5, 0.6) is 0 Å². The molecule has 0 saturated carbocycles. The predicted octanol–water partition coefficient (Wildman–Crippen LogP) is 2.98. The Bertz CT molecular complexity index is 1310. The molecule has 4 aromatic rings. The molecule has 0 saturated heterocycles. The molecule has 152 valence electrons. The van der Waals surface area contributed by atoms with Crippen molar-refractivity contribution in [3.8, 4) is 5.69 Å². The number of anilines is 2. The van der Waals surface area contributed by atoms with E-state index in [-0.39, 0.29) is 28.6 Å². The molecular formula is C21H19FN6O2. The third-order valence-corrected chi connectivity index (χ3v) is 4.80. The molecule has 0 aliphatic carbocycles. The lowest BCUT2D eigenvalue weighted by Crippen LogP contribution is -2.27. The van der Waals surface area contributed by atoms with Gasteiger partial charge in [0.2, 0.25) is 5.95 Å². The third kappa shape index (κ3) is 3.30. The van der Waals surface area contributed by atoms with E-state index in [1.807, 2.05) is 13.0 Å². The summed E-state index contributed by atoms with van der Waals surface area (Å²) in [7, 11) is 0. The zero-order chi connectivity index (χ0) is 21.4. The minimum Gasteiger partial charge on any atom is -0.368 e. The highest BCUT2D eigenvalue weighted by Gasteiger charge is 2.20. The van der Waals surface area contributed by atoms with E-state index >= 15 is 0 Å². The first-order chi connectivity index (χ1) is 14.4. The average molecular weight is 406 g/mol. The molecule has 0 bridgehead atoms. The Morgan fingerprint density at radius 1 is 1.23 bits per heavy atom. The maximum atomic E-state index is 14.3. The molecule has 9 heteroatoms. The number of ketones is 1. The zero-order valence-corrected chi connectivity index (χ0v) is 16.3. The van der Waals surface area contributed by atoms with Crippen LogP contribution >= 0.6 is 0 Å². The van der Waals surface area contributed by atoms with E-state index in [0.29, 0.717) is 11.4 Å². The highest BCUT2D eigenvalue weighted by molar-refractivity contribution is 5.98. The van der Waals surface area contributed by atoms with Crippen LogP contribution in [0.1, 0.15) is 35.9 Å². The van der Waals surface area contributed by atoms with Crippen molar-refractivity contribution in [2.75, 3.05) is 11.1 Å². The first-order valence-corrected chi connectivity index (χ1v) is 9.24. The van der Waals surface area contributed by atoms with Crippen LogP contribution in [-0.2, 0) is 0 Å². The summed E-state index contributed by atoms with van der Waals surface area (Å²) in [4.78, 5) is 33.1. The summed E-state index contributed by atoms with van der Waals surface area (Å²) in [5.74, 6) is -0.557. The number of fused-ring (bicyclic) bond motifs is 1. The molecule has 3 aromatic heterocycles. The van der Waals surface area contributed by atoms with Gasteiger partial charge >= 0.3 is 0 Å². The van der Waals surface area contributed by atoms with Gasteiger partial charge < -0.3 is 15.5 Å². The number of hydrogen-bond donors (Lipinski definition) is 2. The first-order valence-electron chi connectivity index (χ1n) is 9.24. The number of nitrogens with zero attached hydrogens (tertiary/aromatic N) is 4. The van der Waals surface area contributed by atoms with Crippen molar-refractivity contribution >= 4 is 23.1 Å². The molecule has 0 aliphatic rings. The standard InChI is InChI=1S/C21H19FN6O2/c1-12(25-19-15(13(2)29)10-24-21(23)26-19)17-11-27-9-8-16(22)18(27)20(30)28(17)14-6-4-3-5-7-14/h3-12H,1-2H3,(H3,23,24,25,26). The van der Waals surface area contributed by atoms with Crippen molar-refractivity contribution in [2.24, 2.45) is 0 Å². The molecule has 8 nitrogen and oxygen atoms in total. The van der Waals surface area contributed by atoms with Crippen LogP contribution in [0.3, 0.4) is 0 Å². The minimum atomic E-state index is -0.598. The summed E-state index contributed by atoms with van der Waals surface area (Å²) in [5.41, 5.74) is 6.55. The highest BCUT2D eigenvalue weighted by Crippen LogP contribution is 2.24. The van der Waals surface area contributed by atoms with E-state index in [0.717, 1.165) is 0 Å². The third-order valence-electron chi connectivity index (χ3n) is 4.80. The number of halogens is 1. The molecule has 0 fully saturated rings. The fourth-order valence-corrected chi connectivity index (χ4v) is 3.36. The van der Waals surface area contributed by atoms with Crippen molar-refractivity contribution in [3.63, 3.8) is 0 Å². The fourth-order valence-electron chi connectivity index (χ4n) is 3.36. The van der Waals surface area contributed by atoms with E-state index in [4.69, 9.17) is 5.73 Å². The summed E-state index contributed by atoms with van der Waals surface area (Å²) in [6, 6.07) is 9.70. The number of carbonyl (C=O) groups excluding carboxylic acids is 1. The molecular weight excluding hydrogens is 387 g/mol. The molecule has 1 aromatic carbocycles. The highest BCUT2D eigenvalue weighted by atomic mass is 19.1. The van der Waals surface area contributed by atoms with Crippen LogP contribution in [0.2, 0.25) is 0 Å². The number of rotatable bonds is 5. The van der Waals surface area contributed by atoms with Crippen LogP contribution in [0, 0.1) is 5.82 Å². The number of para-hydroxylation sites is 1. The number of nitrogen functional groups attached to an aromatic ring is 1. The van der Waals surface area contributed by atoms with Crippen molar-refractivity contribution in [1.82, 2.24) is 18.9 Å². The topological polar surface area (TPSA) is 107 Å². The van der Waals surface area contributed by atoms with Crippen LogP contribution in [0.4, 0.5) is 16.2 Å². The molecule has 30 heavy (non-hydrogen) atoms. The Balaban J connectivity index is 1.90. The molecule has 0 radical (unpaired) electrons. The van der Waals surface area contributed by atoms with Gasteiger partial charge in [-0.1, -0.05) is 18.2 Å². The van der Waals surface area contributed by atoms with Crippen LogP contribution in [0.25, 0.3) is 11.2 Å². The van der Waals surface area contributed by atoms with E-state index in [1.54, 1.807) is 30.5 Å². The SMILES string of the molecule is CC(=O)c1cnc(N)nc1NC(C)c1cn2ccc(F)c2c(=O)n1-c1ccccc1. The van der Waals surface area contributed by atoms with Crippen LogP contribution in [0.15, 0.2) is 59.8 Å². The van der Waals surface area contributed by atoms with Gasteiger partial charge in [-0.2, -0.15) is 4.98 Å². The maximum Gasteiger partial charge on any atom is 0.282 e. The van der Waals surface area contributed by atoms with Crippen molar-refractivity contribution < 1.29 is 9.18 Å². The quantitative estimate of drug-likeness (QED) is 0.494. The Hall–Kier alpha value is -4.01. The number of hydrogen-bond acceptors (Lipinski definition) is 6. The van der Waals surface area contributed by atoms with Crippen molar-refractivity contribution in [1.29, 1.82) is 0 Å². The molecule has 1 unspecified atom stereocenters. The number of Topliss-reactive ketones (excluding diaryl/α,β-unsaturated/α-hetero) is 1. The van der Waals surface area contributed by atoms with Gasteiger partial charge in [0, 0.05) is 24.3 Å². The van der Waals surface area contributed by atoms with E-state index in [9.17, 15) is 14.0 Å². The zero-order valence-electron chi connectivity index (χ0n) is 16.3. The van der Waals surface area contributed by atoms with Gasteiger partial charge in [0.15, 0.2) is 11.6 Å². The predicted molar refractivity (Wildman–Crippen MR) is 111 cm³/mol. The fraction of sp³-hybridized carbons (Fsp3) is 0.143. The van der Waals surface area contributed by atoms with Gasteiger partial charge in [-0.25, -0.2) is 9.37 Å². The number of nitrogens with two attached hydrogens (primary N) is 1. The molecule has 1 atom stereocenters. The van der Waals surface area contributed by atoms with Gasteiger partial charge in [-0.3, -0.25) is 14.2 Å².